The molecule has 0 atom stereocenters. The van der Waals surface area contributed by atoms with Crippen LogP contribution in [0.3, 0.4) is 0 Å². The van der Waals surface area contributed by atoms with E-state index in [4.69, 9.17) is 10.2 Å². The van der Waals surface area contributed by atoms with Crippen LogP contribution in [0.5, 0.6) is 0 Å². The maximum atomic E-state index is 11.4. The number of hydrogen-bond acceptors (Lipinski definition) is 5. The molecule has 1 saturated heterocycles. The molecule has 4 N–H and O–H groups in total. The van der Waals surface area contributed by atoms with Gasteiger partial charge in [0.25, 0.3) is 0 Å². The molecule has 88 valence electrons. The zero-order valence-corrected chi connectivity index (χ0v) is 8.78. The van der Waals surface area contributed by atoms with Crippen molar-refractivity contribution in [2.45, 2.75) is 6.04 Å². The molecule has 1 amide bonds. The van der Waals surface area contributed by atoms with Gasteiger partial charge in [-0.3, -0.25) is 9.69 Å². The minimum atomic E-state index is -0.541. The van der Waals surface area contributed by atoms with Crippen LogP contribution in [-0.2, 0) is 4.79 Å². The Bertz CT molecular complexity index is 191. The fourth-order valence-corrected chi connectivity index (χ4v) is 1.49. The second-order valence-electron chi connectivity index (χ2n) is 3.66. The Kier molecular flexibility index (Phi) is 5.56. The zero-order valence-electron chi connectivity index (χ0n) is 8.78. The van der Waals surface area contributed by atoms with Gasteiger partial charge in [0, 0.05) is 26.2 Å². The van der Waals surface area contributed by atoms with E-state index in [1.165, 1.54) is 0 Å². The van der Waals surface area contributed by atoms with Crippen molar-refractivity contribution >= 4 is 5.91 Å². The Morgan fingerprint density at radius 3 is 2.47 bits per heavy atom. The summed E-state index contributed by atoms with van der Waals surface area (Å²) in [5.41, 5.74) is 0. The van der Waals surface area contributed by atoms with E-state index in [-0.39, 0.29) is 19.1 Å². The second-order valence-corrected chi connectivity index (χ2v) is 3.66. The fourth-order valence-electron chi connectivity index (χ4n) is 1.49. The van der Waals surface area contributed by atoms with E-state index < -0.39 is 6.04 Å². The molecule has 0 aliphatic carbocycles. The van der Waals surface area contributed by atoms with Crippen molar-refractivity contribution in [3.05, 3.63) is 0 Å². The SMILES string of the molecule is O=C(CN1CCNCC1)NC(CO)CO. The summed E-state index contributed by atoms with van der Waals surface area (Å²) in [6.45, 7) is 3.38. The standard InChI is InChI=1S/C9H19N3O3/c13-6-8(7-14)11-9(15)5-12-3-1-10-2-4-12/h8,10,13-14H,1-7H2,(H,11,15). The average molecular weight is 217 g/mol. The van der Waals surface area contributed by atoms with Gasteiger partial charge < -0.3 is 20.8 Å². The molecule has 1 aliphatic rings. The number of piperazine rings is 1. The van der Waals surface area contributed by atoms with Crippen LogP contribution in [0.15, 0.2) is 0 Å². The molecule has 0 aromatic heterocycles. The van der Waals surface area contributed by atoms with Gasteiger partial charge in [0.05, 0.1) is 25.8 Å². The van der Waals surface area contributed by atoms with Crippen molar-refractivity contribution in [3.8, 4) is 0 Å². The third-order valence-corrected chi connectivity index (χ3v) is 2.38. The molecule has 0 unspecified atom stereocenters. The fraction of sp³-hybridized carbons (Fsp3) is 0.889. The summed E-state index contributed by atoms with van der Waals surface area (Å²) in [4.78, 5) is 13.5. The van der Waals surface area contributed by atoms with Gasteiger partial charge in [0.1, 0.15) is 0 Å². The third-order valence-electron chi connectivity index (χ3n) is 2.38. The van der Waals surface area contributed by atoms with E-state index in [1.807, 2.05) is 4.90 Å². The number of amides is 1. The number of hydrogen-bond donors (Lipinski definition) is 4. The number of rotatable bonds is 5. The van der Waals surface area contributed by atoms with Gasteiger partial charge in [0.2, 0.25) is 5.91 Å². The molecule has 0 bridgehead atoms. The summed E-state index contributed by atoms with van der Waals surface area (Å²) in [5, 5.41) is 23.3. The molecule has 0 radical (unpaired) electrons. The van der Waals surface area contributed by atoms with E-state index in [1.54, 1.807) is 0 Å². The first-order chi connectivity index (χ1) is 7.26. The zero-order chi connectivity index (χ0) is 11.1. The number of nitrogens with zero attached hydrogens (tertiary/aromatic N) is 1. The Hall–Kier alpha value is -0.690. The second kappa shape index (κ2) is 6.73. The maximum Gasteiger partial charge on any atom is 0.234 e. The highest BCUT2D eigenvalue weighted by Crippen LogP contribution is 1.91. The van der Waals surface area contributed by atoms with E-state index in [0.29, 0.717) is 6.54 Å². The van der Waals surface area contributed by atoms with Crippen LogP contribution in [0.2, 0.25) is 0 Å². The normalized spacial score (nSPS) is 18.1. The third kappa shape index (κ3) is 4.57. The molecule has 1 rings (SSSR count). The smallest absolute Gasteiger partial charge is 0.234 e. The molecule has 0 saturated carbocycles. The molecule has 15 heavy (non-hydrogen) atoms. The Morgan fingerprint density at radius 1 is 1.33 bits per heavy atom. The summed E-state index contributed by atoms with van der Waals surface area (Å²) < 4.78 is 0. The van der Waals surface area contributed by atoms with Crippen molar-refractivity contribution in [1.82, 2.24) is 15.5 Å². The van der Waals surface area contributed by atoms with E-state index >= 15 is 0 Å². The predicted molar refractivity (Wildman–Crippen MR) is 55.4 cm³/mol. The first-order valence-corrected chi connectivity index (χ1v) is 5.20. The van der Waals surface area contributed by atoms with Crippen molar-refractivity contribution in [2.24, 2.45) is 0 Å². The quantitative estimate of drug-likeness (QED) is 0.404. The number of carbonyl (C=O) groups excluding carboxylic acids is 1. The average Bonchev–Trinajstić information content (AvgIpc) is 2.27. The van der Waals surface area contributed by atoms with Crippen molar-refractivity contribution in [3.63, 3.8) is 0 Å². The maximum absolute atomic E-state index is 11.4. The largest absolute Gasteiger partial charge is 0.394 e. The van der Waals surface area contributed by atoms with Gasteiger partial charge in [-0.15, -0.1) is 0 Å². The van der Waals surface area contributed by atoms with E-state index in [9.17, 15) is 4.79 Å². The number of aliphatic hydroxyl groups excluding tert-OH is 2. The lowest BCUT2D eigenvalue weighted by molar-refractivity contribution is -0.123. The van der Waals surface area contributed by atoms with Crippen LogP contribution in [0.4, 0.5) is 0 Å². The lowest BCUT2D eigenvalue weighted by atomic mass is 10.3. The first kappa shape index (κ1) is 12.4. The molecule has 1 fully saturated rings. The van der Waals surface area contributed by atoms with Gasteiger partial charge in [-0.25, -0.2) is 0 Å². The highest BCUT2D eigenvalue weighted by atomic mass is 16.3. The Morgan fingerprint density at radius 2 is 1.93 bits per heavy atom. The molecule has 6 heteroatoms. The van der Waals surface area contributed by atoms with Crippen LogP contribution in [0.1, 0.15) is 0 Å². The van der Waals surface area contributed by atoms with Gasteiger partial charge in [0.15, 0.2) is 0 Å². The predicted octanol–water partition coefficient (Wildman–Crippen LogP) is -2.64. The first-order valence-electron chi connectivity index (χ1n) is 5.20. The number of nitrogens with one attached hydrogen (secondary N) is 2. The molecule has 0 spiro atoms. The van der Waals surface area contributed by atoms with Crippen LogP contribution in [-0.4, -0.2) is 73.0 Å². The molecular formula is C9H19N3O3. The molecule has 1 aliphatic heterocycles. The molecule has 1 heterocycles. The van der Waals surface area contributed by atoms with Gasteiger partial charge in [-0.2, -0.15) is 0 Å². The van der Waals surface area contributed by atoms with E-state index in [2.05, 4.69) is 10.6 Å². The monoisotopic (exact) mass is 217 g/mol. The van der Waals surface area contributed by atoms with Crippen molar-refractivity contribution in [2.75, 3.05) is 45.9 Å². The number of carbonyl (C=O) groups is 1. The van der Waals surface area contributed by atoms with Crippen LogP contribution in [0, 0.1) is 0 Å². The Balaban J connectivity index is 2.21. The molecule has 6 nitrogen and oxygen atoms in total. The summed E-state index contributed by atoms with van der Waals surface area (Å²) in [5.74, 6) is -0.148. The lowest BCUT2D eigenvalue weighted by Crippen LogP contribution is -2.50. The molecular weight excluding hydrogens is 198 g/mol. The lowest BCUT2D eigenvalue weighted by Gasteiger charge is -2.27. The summed E-state index contributed by atoms with van der Waals surface area (Å²) in [6.07, 6.45) is 0. The summed E-state index contributed by atoms with van der Waals surface area (Å²) >= 11 is 0. The topological polar surface area (TPSA) is 84.8 Å². The van der Waals surface area contributed by atoms with Gasteiger partial charge in [-0.05, 0) is 0 Å². The van der Waals surface area contributed by atoms with Crippen LogP contribution in [0.25, 0.3) is 0 Å². The summed E-state index contributed by atoms with van der Waals surface area (Å²) in [7, 11) is 0. The number of aliphatic hydroxyl groups is 2. The highest BCUT2D eigenvalue weighted by molar-refractivity contribution is 5.78. The van der Waals surface area contributed by atoms with Crippen molar-refractivity contribution in [1.29, 1.82) is 0 Å². The summed E-state index contributed by atoms with van der Waals surface area (Å²) in [6, 6.07) is -0.541. The Labute approximate surface area is 89.3 Å². The molecule has 0 aromatic rings. The van der Waals surface area contributed by atoms with Gasteiger partial charge in [-0.1, -0.05) is 0 Å². The minimum absolute atomic E-state index is 0.148. The van der Waals surface area contributed by atoms with Crippen LogP contribution >= 0.6 is 0 Å². The van der Waals surface area contributed by atoms with E-state index in [0.717, 1.165) is 26.2 Å². The minimum Gasteiger partial charge on any atom is -0.394 e. The van der Waals surface area contributed by atoms with Crippen molar-refractivity contribution < 1.29 is 15.0 Å². The molecule has 0 aromatic carbocycles. The highest BCUT2D eigenvalue weighted by Gasteiger charge is 2.15. The van der Waals surface area contributed by atoms with Crippen LogP contribution < -0.4 is 10.6 Å². The van der Waals surface area contributed by atoms with Gasteiger partial charge >= 0.3 is 0 Å².